The van der Waals surface area contributed by atoms with E-state index < -0.39 is 0 Å². The first kappa shape index (κ1) is 26.1. The van der Waals surface area contributed by atoms with E-state index in [0.717, 1.165) is 36.7 Å². The summed E-state index contributed by atoms with van der Waals surface area (Å²) in [5.41, 5.74) is 3.54. The van der Waals surface area contributed by atoms with E-state index >= 15 is 0 Å². The molecule has 194 valence electrons. The highest BCUT2D eigenvalue weighted by Crippen LogP contribution is 2.24. The molecule has 4 rings (SSSR count). The average molecular weight is 491 g/mol. The summed E-state index contributed by atoms with van der Waals surface area (Å²) in [5.74, 6) is 3.09. The van der Waals surface area contributed by atoms with Crippen LogP contribution in [0.25, 0.3) is 11.0 Å². The topological polar surface area (TPSA) is 81.7 Å². The molecule has 0 saturated carbocycles. The van der Waals surface area contributed by atoms with E-state index in [1.807, 2.05) is 18.6 Å². The van der Waals surface area contributed by atoms with Crippen LogP contribution in [0.1, 0.15) is 75.5 Å². The van der Waals surface area contributed by atoms with Gasteiger partial charge in [0.2, 0.25) is 0 Å². The monoisotopic (exact) mass is 490 g/mol. The van der Waals surface area contributed by atoms with Crippen molar-refractivity contribution in [2.75, 3.05) is 19.6 Å². The van der Waals surface area contributed by atoms with Crippen molar-refractivity contribution in [1.82, 2.24) is 39.3 Å². The molecule has 8 nitrogen and oxygen atoms in total. The number of fused-ring (bicyclic) bond motifs is 1. The summed E-state index contributed by atoms with van der Waals surface area (Å²) in [4.78, 5) is 25.4. The van der Waals surface area contributed by atoms with Crippen LogP contribution in [-0.2, 0) is 26.6 Å². The maximum absolute atomic E-state index is 4.96. The van der Waals surface area contributed by atoms with E-state index in [-0.39, 0.29) is 6.04 Å². The Kier molecular flexibility index (Phi) is 9.30. The Morgan fingerprint density at radius 3 is 2.42 bits per heavy atom. The quantitative estimate of drug-likeness (QED) is 0.223. The van der Waals surface area contributed by atoms with E-state index in [9.17, 15) is 0 Å². The Morgan fingerprint density at radius 1 is 0.944 bits per heavy atom. The molecule has 0 amide bonds. The van der Waals surface area contributed by atoms with Gasteiger partial charge in [0.25, 0.3) is 0 Å². The number of rotatable bonds is 15. The third-order valence-corrected chi connectivity index (χ3v) is 7.00. The smallest absolute Gasteiger partial charge is 0.123 e. The summed E-state index contributed by atoms with van der Waals surface area (Å²) in [5, 5.41) is 0. The Hall–Kier alpha value is -2.97. The number of benzene rings is 1. The van der Waals surface area contributed by atoms with Gasteiger partial charge >= 0.3 is 0 Å². The fraction of sp³-hybridized carbons (Fsp3) is 0.536. The maximum Gasteiger partial charge on any atom is 0.123 e. The molecule has 1 aromatic carbocycles. The van der Waals surface area contributed by atoms with Crippen LogP contribution in [0.4, 0.5) is 0 Å². The summed E-state index contributed by atoms with van der Waals surface area (Å²) in [7, 11) is 2.15. The fourth-order valence-corrected chi connectivity index (χ4v) is 5.01. The van der Waals surface area contributed by atoms with Gasteiger partial charge in [0.1, 0.15) is 17.5 Å². The number of nitrogens with zero attached hydrogens (tertiary/aromatic N) is 6. The van der Waals surface area contributed by atoms with E-state index in [2.05, 4.69) is 80.3 Å². The summed E-state index contributed by atoms with van der Waals surface area (Å²) in [6.07, 6.45) is 13.2. The van der Waals surface area contributed by atoms with Gasteiger partial charge in [0, 0.05) is 44.8 Å². The van der Waals surface area contributed by atoms with Crippen LogP contribution in [-0.4, -0.2) is 58.9 Å². The van der Waals surface area contributed by atoms with Gasteiger partial charge in [-0.3, -0.25) is 4.90 Å². The lowest BCUT2D eigenvalue weighted by Crippen LogP contribution is -2.27. The lowest BCUT2D eigenvalue weighted by Gasteiger charge is -2.27. The lowest BCUT2D eigenvalue weighted by atomic mass is 10.1. The Balaban J connectivity index is 1.43. The zero-order chi connectivity index (χ0) is 25.3. The molecule has 1 atom stereocenters. The van der Waals surface area contributed by atoms with Crippen molar-refractivity contribution in [3.8, 4) is 0 Å². The lowest BCUT2D eigenvalue weighted by molar-refractivity contribution is 0.181. The van der Waals surface area contributed by atoms with Crippen LogP contribution < -0.4 is 0 Å². The van der Waals surface area contributed by atoms with Gasteiger partial charge < -0.3 is 19.4 Å². The van der Waals surface area contributed by atoms with Gasteiger partial charge in [-0.25, -0.2) is 15.0 Å². The molecule has 0 aliphatic carbocycles. The van der Waals surface area contributed by atoms with Crippen molar-refractivity contribution in [3.63, 3.8) is 0 Å². The van der Waals surface area contributed by atoms with Crippen molar-refractivity contribution in [3.05, 3.63) is 66.0 Å². The molecule has 0 spiro atoms. The number of unbranched alkanes of at least 4 members (excludes halogenated alkanes) is 1. The maximum atomic E-state index is 4.96. The Morgan fingerprint density at radius 2 is 1.72 bits per heavy atom. The van der Waals surface area contributed by atoms with Gasteiger partial charge in [-0.05, 0) is 69.9 Å². The SMILES string of the molecule is CCCN(CCC)CCCCc1nc2ccc(CN(Cc3ncc[nH]3)C(C)c3ncc[nH]3)cc2n1C. The normalized spacial score (nSPS) is 12.8. The van der Waals surface area contributed by atoms with E-state index in [4.69, 9.17) is 4.98 Å². The van der Waals surface area contributed by atoms with Gasteiger partial charge in [0.05, 0.1) is 23.6 Å². The standard InChI is InChI=1S/C28H42N8/c1-5-16-35(17-6-2)18-8-7-9-27-33-24-11-10-23(19-25(24)34(27)4)20-36(21-26-29-12-13-30-26)22(3)28-31-14-15-32-28/h10-15,19,22H,5-9,16-18,20-21H2,1-4H3,(H,29,30)(H,31,32). The minimum absolute atomic E-state index is 0.128. The number of aromatic nitrogens is 6. The Labute approximate surface area is 215 Å². The predicted molar refractivity (Wildman–Crippen MR) is 146 cm³/mol. The first-order valence-electron chi connectivity index (χ1n) is 13.5. The second-order valence-electron chi connectivity index (χ2n) is 9.80. The van der Waals surface area contributed by atoms with Crippen LogP contribution in [0.3, 0.4) is 0 Å². The molecule has 0 bridgehead atoms. The number of nitrogens with one attached hydrogen (secondary N) is 2. The molecule has 1 unspecified atom stereocenters. The highest BCUT2D eigenvalue weighted by molar-refractivity contribution is 5.76. The zero-order valence-electron chi connectivity index (χ0n) is 22.4. The third kappa shape index (κ3) is 6.62. The number of aromatic amines is 2. The van der Waals surface area contributed by atoms with Crippen LogP contribution in [0.15, 0.2) is 43.0 Å². The molecule has 8 heteroatoms. The molecule has 2 N–H and O–H groups in total. The molecule has 0 aliphatic heterocycles. The van der Waals surface area contributed by atoms with Gasteiger partial charge in [0.15, 0.2) is 0 Å². The van der Waals surface area contributed by atoms with Crippen molar-refractivity contribution in [2.45, 2.75) is 72.0 Å². The van der Waals surface area contributed by atoms with Crippen LogP contribution >= 0.6 is 0 Å². The van der Waals surface area contributed by atoms with Crippen LogP contribution in [0, 0.1) is 0 Å². The minimum atomic E-state index is 0.128. The Bertz CT molecular complexity index is 1160. The number of hydrogen-bond acceptors (Lipinski definition) is 5. The average Bonchev–Trinajstić information content (AvgIpc) is 3.64. The highest BCUT2D eigenvalue weighted by atomic mass is 15.2. The molecule has 4 aromatic rings. The predicted octanol–water partition coefficient (Wildman–Crippen LogP) is 5.23. The van der Waals surface area contributed by atoms with E-state index in [0.29, 0.717) is 0 Å². The summed E-state index contributed by atoms with van der Waals surface area (Å²) < 4.78 is 2.28. The van der Waals surface area contributed by atoms with Gasteiger partial charge in [-0.15, -0.1) is 0 Å². The summed E-state index contributed by atoms with van der Waals surface area (Å²) >= 11 is 0. The summed E-state index contributed by atoms with van der Waals surface area (Å²) in [6.45, 7) is 11.8. The van der Waals surface area contributed by atoms with Crippen LogP contribution in [0.5, 0.6) is 0 Å². The van der Waals surface area contributed by atoms with Crippen LogP contribution in [0.2, 0.25) is 0 Å². The number of aryl methyl sites for hydroxylation is 2. The number of hydrogen-bond donors (Lipinski definition) is 2. The molecular weight excluding hydrogens is 448 g/mol. The van der Waals surface area contributed by atoms with Crippen molar-refractivity contribution in [1.29, 1.82) is 0 Å². The van der Waals surface area contributed by atoms with Gasteiger partial charge in [-0.1, -0.05) is 19.9 Å². The molecule has 0 aliphatic rings. The fourth-order valence-electron chi connectivity index (χ4n) is 5.01. The van der Waals surface area contributed by atoms with Crippen molar-refractivity contribution < 1.29 is 0 Å². The van der Waals surface area contributed by atoms with E-state index in [1.165, 1.54) is 62.2 Å². The van der Waals surface area contributed by atoms with E-state index in [1.54, 1.807) is 6.20 Å². The number of H-pyrrole nitrogens is 2. The van der Waals surface area contributed by atoms with Crippen molar-refractivity contribution >= 4 is 11.0 Å². The molecule has 3 aromatic heterocycles. The molecule has 0 saturated heterocycles. The third-order valence-electron chi connectivity index (χ3n) is 7.00. The second-order valence-corrected chi connectivity index (χ2v) is 9.80. The van der Waals surface area contributed by atoms with Gasteiger partial charge in [-0.2, -0.15) is 0 Å². The largest absolute Gasteiger partial charge is 0.348 e. The molecular formula is C28H42N8. The molecule has 3 heterocycles. The molecule has 0 fully saturated rings. The second kappa shape index (κ2) is 12.8. The molecule has 36 heavy (non-hydrogen) atoms. The highest BCUT2D eigenvalue weighted by Gasteiger charge is 2.20. The summed E-state index contributed by atoms with van der Waals surface area (Å²) in [6, 6.07) is 6.79. The van der Waals surface area contributed by atoms with Crippen molar-refractivity contribution in [2.24, 2.45) is 7.05 Å². The number of imidazole rings is 3. The molecule has 0 radical (unpaired) electrons. The minimum Gasteiger partial charge on any atom is -0.348 e. The first-order chi connectivity index (χ1) is 17.6. The zero-order valence-corrected chi connectivity index (χ0v) is 22.4. The first-order valence-corrected chi connectivity index (χ1v) is 13.5.